The second-order valence-electron chi connectivity index (χ2n) is 3.52. The molecule has 0 bridgehead atoms. The summed E-state index contributed by atoms with van der Waals surface area (Å²) in [6, 6.07) is 0. The lowest BCUT2D eigenvalue weighted by Crippen LogP contribution is -2.06. The Kier molecular flexibility index (Phi) is 1.71. The molecule has 1 aliphatic carbocycles. The Bertz CT molecular complexity index is 134. The third-order valence-corrected chi connectivity index (χ3v) is 2.66. The third kappa shape index (κ3) is 0.926. The van der Waals surface area contributed by atoms with Gasteiger partial charge in [-0.3, -0.25) is 0 Å². The standard InChI is InChI=1S/C7H13F2N/c1-7(2)4(3-10)5(7)6(8)9/h4-6H,3,10H2,1-2H3/t4-,5+/m1/s1. The molecule has 1 aliphatic rings. The van der Waals surface area contributed by atoms with Gasteiger partial charge in [0.25, 0.3) is 0 Å². The molecule has 0 aromatic rings. The van der Waals surface area contributed by atoms with Gasteiger partial charge < -0.3 is 5.73 Å². The van der Waals surface area contributed by atoms with Gasteiger partial charge in [-0.05, 0) is 17.9 Å². The second-order valence-corrected chi connectivity index (χ2v) is 3.52. The van der Waals surface area contributed by atoms with Crippen molar-refractivity contribution in [3.8, 4) is 0 Å². The monoisotopic (exact) mass is 149 g/mol. The summed E-state index contributed by atoms with van der Waals surface area (Å²) in [4.78, 5) is 0. The average Bonchev–Trinajstić information content (AvgIpc) is 2.33. The number of hydrogen-bond acceptors (Lipinski definition) is 1. The van der Waals surface area contributed by atoms with Crippen molar-refractivity contribution in [1.82, 2.24) is 0 Å². The van der Waals surface area contributed by atoms with Crippen molar-refractivity contribution >= 4 is 0 Å². The fourth-order valence-corrected chi connectivity index (χ4v) is 1.74. The van der Waals surface area contributed by atoms with Crippen molar-refractivity contribution in [2.45, 2.75) is 20.3 Å². The highest BCUT2D eigenvalue weighted by Gasteiger charge is 2.61. The topological polar surface area (TPSA) is 26.0 Å². The van der Waals surface area contributed by atoms with E-state index in [1.165, 1.54) is 0 Å². The molecule has 0 aromatic carbocycles. The lowest BCUT2D eigenvalue weighted by molar-refractivity contribution is 0.105. The summed E-state index contributed by atoms with van der Waals surface area (Å²) < 4.78 is 24.2. The number of hydrogen-bond donors (Lipinski definition) is 1. The van der Waals surface area contributed by atoms with E-state index in [-0.39, 0.29) is 11.3 Å². The summed E-state index contributed by atoms with van der Waals surface area (Å²) in [5, 5.41) is 0. The molecule has 0 unspecified atom stereocenters. The summed E-state index contributed by atoms with van der Waals surface area (Å²) in [6.07, 6.45) is -2.19. The summed E-state index contributed by atoms with van der Waals surface area (Å²) in [5.41, 5.74) is 5.08. The van der Waals surface area contributed by atoms with Crippen molar-refractivity contribution in [3.63, 3.8) is 0 Å². The largest absolute Gasteiger partial charge is 0.330 e. The van der Waals surface area contributed by atoms with E-state index >= 15 is 0 Å². The Hall–Kier alpha value is -0.180. The van der Waals surface area contributed by atoms with Gasteiger partial charge in [-0.25, -0.2) is 8.78 Å². The minimum Gasteiger partial charge on any atom is -0.330 e. The third-order valence-electron chi connectivity index (χ3n) is 2.66. The highest BCUT2D eigenvalue weighted by Crippen LogP contribution is 2.60. The molecule has 0 aromatic heterocycles. The van der Waals surface area contributed by atoms with Crippen LogP contribution in [0.2, 0.25) is 0 Å². The van der Waals surface area contributed by atoms with Gasteiger partial charge >= 0.3 is 0 Å². The van der Waals surface area contributed by atoms with Crippen LogP contribution in [0.1, 0.15) is 13.8 Å². The van der Waals surface area contributed by atoms with Crippen LogP contribution in [-0.2, 0) is 0 Å². The molecule has 0 radical (unpaired) electrons. The van der Waals surface area contributed by atoms with E-state index in [2.05, 4.69) is 0 Å². The highest BCUT2D eigenvalue weighted by molar-refractivity contribution is 5.06. The molecular weight excluding hydrogens is 136 g/mol. The molecule has 1 saturated carbocycles. The summed E-state index contributed by atoms with van der Waals surface area (Å²) in [6.45, 7) is 4.09. The lowest BCUT2D eigenvalue weighted by atomic mass is 10.1. The van der Waals surface area contributed by atoms with Crippen molar-refractivity contribution in [1.29, 1.82) is 0 Å². The quantitative estimate of drug-likeness (QED) is 0.632. The molecule has 0 spiro atoms. The van der Waals surface area contributed by atoms with Crippen LogP contribution in [0.25, 0.3) is 0 Å². The van der Waals surface area contributed by atoms with Crippen molar-refractivity contribution in [3.05, 3.63) is 0 Å². The van der Waals surface area contributed by atoms with E-state index in [4.69, 9.17) is 5.73 Å². The van der Waals surface area contributed by atoms with Crippen LogP contribution in [0.4, 0.5) is 8.78 Å². The molecule has 3 heteroatoms. The molecule has 2 atom stereocenters. The molecule has 2 N–H and O–H groups in total. The van der Waals surface area contributed by atoms with Gasteiger partial charge in [0.05, 0.1) is 0 Å². The van der Waals surface area contributed by atoms with Crippen molar-refractivity contribution in [2.24, 2.45) is 23.0 Å². The van der Waals surface area contributed by atoms with Crippen LogP contribution in [-0.4, -0.2) is 13.0 Å². The SMILES string of the molecule is CC1(C)[C@H](CN)[C@H]1C(F)F. The number of alkyl halides is 2. The zero-order valence-electron chi connectivity index (χ0n) is 6.27. The zero-order chi connectivity index (χ0) is 7.94. The van der Waals surface area contributed by atoms with E-state index in [0.29, 0.717) is 6.54 Å². The minimum atomic E-state index is -2.19. The molecular formula is C7H13F2N. The Morgan fingerprint density at radius 1 is 1.50 bits per heavy atom. The molecule has 60 valence electrons. The molecule has 0 heterocycles. The average molecular weight is 149 g/mol. The van der Waals surface area contributed by atoms with Gasteiger partial charge in [-0.1, -0.05) is 13.8 Å². The lowest BCUT2D eigenvalue weighted by Gasteiger charge is -1.99. The predicted octanol–water partition coefficient (Wildman–Crippen LogP) is 1.48. The molecule has 1 rings (SSSR count). The molecule has 0 saturated heterocycles. The highest BCUT2D eigenvalue weighted by atomic mass is 19.3. The normalized spacial score (nSPS) is 36.6. The number of rotatable bonds is 2. The number of nitrogens with two attached hydrogens (primary N) is 1. The van der Waals surface area contributed by atoms with Crippen molar-refractivity contribution < 1.29 is 8.78 Å². The first kappa shape index (κ1) is 7.92. The fourth-order valence-electron chi connectivity index (χ4n) is 1.74. The van der Waals surface area contributed by atoms with E-state index in [0.717, 1.165) is 0 Å². The summed E-state index contributed by atoms with van der Waals surface area (Å²) in [5.74, 6) is -0.426. The second kappa shape index (κ2) is 2.16. The Balaban J connectivity index is 2.53. The Labute approximate surface area is 59.6 Å². The van der Waals surface area contributed by atoms with Gasteiger partial charge in [0.2, 0.25) is 6.43 Å². The molecule has 0 amide bonds. The van der Waals surface area contributed by atoms with E-state index in [1.807, 2.05) is 13.8 Å². The van der Waals surface area contributed by atoms with Crippen LogP contribution >= 0.6 is 0 Å². The van der Waals surface area contributed by atoms with Crippen molar-refractivity contribution in [2.75, 3.05) is 6.54 Å². The molecule has 10 heavy (non-hydrogen) atoms. The summed E-state index contributed by atoms with van der Waals surface area (Å²) >= 11 is 0. The molecule has 0 aliphatic heterocycles. The molecule has 1 fully saturated rings. The maximum Gasteiger partial charge on any atom is 0.242 e. The van der Waals surface area contributed by atoms with Gasteiger partial charge in [0, 0.05) is 5.92 Å². The van der Waals surface area contributed by atoms with Gasteiger partial charge in [0.15, 0.2) is 0 Å². The summed E-state index contributed by atoms with van der Waals surface area (Å²) in [7, 11) is 0. The first-order valence-corrected chi connectivity index (χ1v) is 3.50. The zero-order valence-corrected chi connectivity index (χ0v) is 6.27. The minimum absolute atomic E-state index is 0.0347. The van der Waals surface area contributed by atoms with Gasteiger partial charge in [0.1, 0.15) is 0 Å². The Morgan fingerprint density at radius 2 is 2.00 bits per heavy atom. The van der Waals surface area contributed by atoms with Crippen LogP contribution < -0.4 is 5.73 Å². The maximum atomic E-state index is 12.1. The van der Waals surface area contributed by atoms with Crippen LogP contribution in [0.15, 0.2) is 0 Å². The van der Waals surface area contributed by atoms with Crippen LogP contribution in [0.3, 0.4) is 0 Å². The number of halogens is 2. The maximum absolute atomic E-state index is 12.1. The van der Waals surface area contributed by atoms with E-state index < -0.39 is 12.3 Å². The van der Waals surface area contributed by atoms with Crippen LogP contribution in [0.5, 0.6) is 0 Å². The van der Waals surface area contributed by atoms with Gasteiger partial charge in [-0.15, -0.1) is 0 Å². The first-order valence-electron chi connectivity index (χ1n) is 3.50. The van der Waals surface area contributed by atoms with Gasteiger partial charge in [-0.2, -0.15) is 0 Å². The molecule has 1 nitrogen and oxygen atoms in total. The fraction of sp³-hybridized carbons (Fsp3) is 1.00. The Morgan fingerprint density at radius 3 is 2.10 bits per heavy atom. The predicted molar refractivity (Wildman–Crippen MR) is 35.8 cm³/mol. The van der Waals surface area contributed by atoms with E-state index in [1.54, 1.807) is 0 Å². The van der Waals surface area contributed by atoms with E-state index in [9.17, 15) is 8.78 Å². The first-order chi connectivity index (χ1) is 4.51. The van der Waals surface area contributed by atoms with Crippen LogP contribution in [0, 0.1) is 17.3 Å². The smallest absolute Gasteiger partial charge is 0.242 e.